The van der Waals surface area contributed by atoms with Crippen molar-refractivity contribution in [2.24, 2.45) is 0 Å². The first-order valence-corrected chi connectivity index (χ1v) is 9.18. The van der Waals surface area contributed by atoms with Crippen LogP contribution >= 0.6 is 0 Å². The van der Waals surface area contributed by atoms with Gasteiger partial charge in [0.1, 0.15) is 21.5 Å². The van der Waals surface area contributed by atoms with E-state index in [0.717, 1.165) is 12.7 Å². The lowest BCUT2D eigenvalue weighted by atomic mass is 9.98. The zero-order valence-corrected chi connectivity index (χ0v) is 13.6. The summed E-state index contributed by atoms with van der Waals surface area (Å²) >= 11 is 0. The lowest BCUT2D eigenvalue weighted by molar-refractivity contribution is 0.441. The van der Waals surface area contributed by atoms with Gasteiger partial charge in [-0.15, -0.1) is 0 Å². The SMILES string of the molecule is CCCNC(CCCS(C)(=O)=O)c1c(F)ccc(C)c1F. The summed E-state index contributed by atoms with van der Waals surface area (Å²) in [5.74, 6) is -1.12. The summed E-state index contributed by atoms with van der Waals surface area (Å²) in [6, 6.07) is 2.15. The van der Waals surface area contributed by atoms with Gasteiger partial charge in [0.15, 0.2) is 0 Å². The van der Waals surface area contributed by atoms with Crippen LogP contribution in [0.4, 0.5) is 8.78 Å². The molecule has 6 heteroatoms. The third-order valence-corrected chi connectivity index (χ3v) is 4.35. The van der Waals surface area contributed by atoms with Crippen LogP contribution in [0.15, 0.2) is 12.1 Å². The molecule has 1 aromatic rings. The van der Waals surface area contributed by atoms with Crippen LogP contribution in [0.25, 0.3) is 0 Å². The highest BCUT2D eigenvalue weighted by Gasteiger charge is 2.21. The third-order valence-electron chi connectivity index (χ3n) is 3.32. The minimum absolute atomic E-state index is 0.0111. The normalized spacial score (nSPS) is 13.4. The van der Waals surface area contributed by atoms with Gasteiger partial charge in [0, 0.05) is 23.6 Å². The number of hydrogen-bond donors (Lipinski definition) is 1. The topological polar surface area (TPSA) is 46.2 Å². The van der Waals surface area contributed by atoms with E-state index < -0.39 is 27.5 Å². The average molecular weight is 319 g/mol. The molecule has 1 rings (SSSR count). The fraction of sp³-hybridized carbons (Fsp3) is 0.600. The van der Waals surface area contributed by atoms with Crippen molar-refractivity contribution in [3.63, 3.8) is 0 Å². The Morgan fingerprint density at radius 2 is 1.95 bits per heavy atom. The van der Waals surface area contributed by atoms with E-state index >= 15 is 0 Å². The van der Waals surface area contributed by atoms with Crippen molar-refractivity contribution in [2.45, 2.75) is 39.2 Å². The Morgan fingerprint density at radius 3 is 2.52 bits per heavy atom. The van der Waals surface area contributed by atoms with Crippen LogP contribution in [0.2, 0.25) is 0 Å². The highest BCUT2D eigenvalue weighted by molar-refractivity contribution is 7.90. The standard InChI is InChI=1S/C15H23F2NO2S/c1-4-9-18-13(6-5-10-21(3,19)20)14-12(16)8-7-11(2)15(14)17/h7-8,13,18H,4-6,9-10H2,1-3H3. The first-order chi connectivity index (χ1) is 9.76. The predicted octanol–water partition coefficient (Wildman–Crippen LogP) is 3.14. The van der Waals surface area contributed by atoms with E-state index in [1.54, 1.807) is 6.92 Å². The van der Waals surface area contributed by atoms with Crippen molar-refractivity contribution in [1.82, 2.24) is 5.32 Å². The predicted molar refractivity (Wildman–Crippen MR) is 81.1 cm³/mol. The monoisotopic (exact) mass is 319 g/mol. The van der Waals surface area contributed by atoms with E-state index in [-0.39, 0.29) is 11.3 Å². The van der Waals surface area contributed by atoms with Gasteiger partial charge in [-0.2, -0.15) is 0 Å². The Kier molecular flexibility index (Phi) is 6.74. The third kappa shape index (κ3) is 5.71. The fourth-order valence-electron chi connectivity index (χ4n) is 2.21. The maximum absolute atomic E-state index is 14.2. The Bertz CT molecular complexity index is 573. The molecule has 0 radical (unpaired) electrons. The van der Waals surface area contributed by atoms with Crippen molar-refractivity contribution in [3.05, 3.63) is 34.9 Å². The molecule has 0 spiro atoms. The summed E-state index contributed by atoms with van der Waals surface area (Å²) in [6.07, 6.45) is 2.74. The fourth-order valence-corrected chi connectivity index (χ4v) is 2.91. The number of halogens is 2. The lowest BCUT2D eigenvalue weighted by Crippen LogP contribution is -2.25. The molecule has 21 heavy (non-hydrogen) atoms. The molecule has 0 bridgehead atoms. The molecular formula is C15H23F2NO2S. The van der Waals surface area contributed by atoms with Crippen LogP contribution < -0.4 is 5.32 Å². The Hall–Kier alpha value is -1.01. The Morgan fingerprint density at radius 1 is 1.29 bits per heavy atom. The van der Waals surface area contributed by atoms with Crippen LogP contribution in [-0.2, 0) is 9.84 Å². The summed E-state index contributed by atoms with van der Waals surface area (Å²) in [5.41, 5.74) is 0.398. The second kappa shape index (κ2) is 7.84. The van der Waals surface area contributed by atoms with E-state index in [4.69, 9.17) is 0 Å². The molecule has 0 aliphatic carbocycles. The van der Waals surface area contributed by atoms with Gasteiger partial charge >= 0.3 is 0 Å². The van der Waals surface area contributed by atoms with Gasteiger partial charge in [0.2, 0.25) is 0 Å². The lowest BCUT2D eigenvalue weighted by Gasteiger charge is -2.21. The molecule has 120 valence electrons. The van der Waals surface area contributed by atoms with Gasteiger partial charge in [-0.05, 0) is 44.4 Å². The largest absolute Gasteiger partial charge is 0.310 e. The molecule has 1 aromatic carbocycles. The quantitative estimate of drug-likeness (QED) is 0.801. The number of sulfone groups is 1. The van der Waals surface area contributed by atoms with Gasteiger partial charge < -0.3 is 5.32 Å². The Labute approximate surface area is 125 Å². The first-order valence-electron chi connectivity index (χ1n) is 7.12. The van der Waals surface area contributed by atoms with Crippen LogP contribution in [0.1, 0.15) is 43.4 Å². The Balaban J connectivity index is 2.94. The van der Waals surface area contributed by atoms with E-state index in [2.05, 4.69) is 5.32 Å². The smallest absolute Gasteiger partial charge is 0.147 e. The molecule has 3 nitrogen and oxygen atoms in total. The van der Waals surface area contributed by atoms with E-state index in [9.17, 15) is 17.2 Å². The summed E-state index contributed by atoms with van der Waals surface area (Å²) in [7, 11) is -3.07. The van der Waals surface area contributed by atoms with Crippen molar-refractivity contribution in [2.75, 3.05) is 18.6 Å². The minimum atomic E-state index is -3.07. The molecule has 0 aliphatic heterocycles. The zero-order valence-electron chi connectivity index (χ0n) is 12.7. The van der Waals surface area contributed by atoms with Gasteiger partial charge in [-0.3, -0.25) is 0 Å². The summed E-state index contributed by atoms with van der Waals surface area (Å²) < 4.78 is 50.5. The van der Waals surface area contributed by atoms with Crippen molar-refractivity contribution in [1.29, 1.82) is 0 Å². The molecule has 0 heterocycles. The molecule has 0 aliphatic rings. The number of rotatable bonds is 8. The van der Waals surface area contributed by atoms with Gasteiger partial charge in [-0.1, -0.05) is 13.0 Å². The van der Waals surface area contributed by atoms with Gasteiger partial charge in [0.05, 0.1) is 0 Å². The molecule has 0 aromatic heterocycles. The van der Waals surface area contributed by atoms with Crippen LogP contribution in [0, 0.1) is 18.6 Å². The van der Waals surface area contributed by atoms with E-state index in [1.165, 1.54) is 12.1 Å². The number of benzene rings is 1. The first kappa shape index (κ1) is 18.0. The summed E-state index contributed by atoms with van der Waals surface area (Å²) in [6.45, 7) is 4.17. The summed E-state index contributed by atoms with van der Waals surface area (Å²) in [5, 5.41) is 3.11. The number of hydrogen-bond acceptors (Lipinski definition) is 3. The van der Waals surface area contributed by atoms with Crippen molar-refractivity contribution >= 4 is 9.84 Å². The van der Waals surface area contributed by atoms with E-state index in [0.29, 0.717) is 24.9 Å². The molecule has 0 saturated carbocycles. The van der Waals surface area contributed by atoms with Crippen LogP contribution in [0.3, 0.4) is 0 Å². The molecule has 0 saturated heterocycles. The number of nitrogens with one attached hydrogen (secondary N) is 1. The van der Waals surface area contributed by atoms with Crippen molar-refractivity contribution in [3.8, 4) is 0 Å². The maximum Gasteiger partial charge on any atom is 0.147 e. The van der Waals surface area contributed by atoms with Gasteiger partial charge in [0.25, 0.3) is 0 Å². The van der Waals surface area contributed by atoms with Crippen molar-refractivity contribution < 1.29 is 17.2 Å². The maximum atomic E-state index is 14.2. The molecule has 1 unspecified atom stereocenters. The van der Waals surface area contributed by atoms with E-state index in [1.807, 2.05) is 6.92 Å². The average Bonchev–Trinajstić information content (AvgIpc) is 2.38. The van der Waals surface area contributed by atoms with Crippen LogP contribution in [0.5, 0.6) is 0 Å². The molecule has 1 atom stereocenters. The summed E-state index contributed by atoms with van der Waals surface area (Å²) in [4.78, 5) is 0. The molecule has 0 fully saturated rings. The highest BCUT2D eigenvalue weighted by Crippen LogP contribution is 2.26. The molecule has 0 amide bonds. The second-order valence-electron chi connectivity index (χ2n) is 5.37. The molecular weight excluding hydrogens is 296 g/mol. The second-order valence-corrected chi connectivity index (χ2v) is 7.63. The van der Waals surface area contributed by atoms with Gasteiger partial charge in [-0.25, -0.2) is 17.2 Å². The highest BCUT2D eigenvalue weighted by atomic mass is 32.2. The van der Waals surface area contributed by atoms with Crippen LogP contribution in [-0.4, -0.2) is 27.0 Å². The number of aryl methyl sites for hydroxylation is 1. The minimum Gasteiger partial charge on any atom is -0.310 e. The molecule has 1 N–H and O–H groups in total. The zero-order chi connectivity index (χ0) is 16.0.